The molecule has 4 atom stereocenters. The number of phosphoric ester groups is 2. The van der Waals surface area contributed by atoms with Crippen molar-refractivity contribution in [2.45, 2.75) is 303 Å². The van der Waals surface area contributed by atoms with Crippen LogP contribution in [0.15, 0.2) is 24.3 Å². The number of aliphatic hydroxyl groups is 3. The van der Waals surface area contributed by atoms with E-state index in [1.165, 1.54) is 115 Å². The van der Waals surface area contributed by atoms with E-state index in [0.717, 1.165) is 103 Å². The molecule has 0 radical (unpaired) electrons. The number of esters is 4. The van der Waals surface area contributed by atoms with Crippen LogP contribution in [0.3, 0.4) is 0 Å². The molecule has 0 heterocycles. The van der Waals surface area contributed by atoms with Crippen molar-refractivity contribution in [3.05, 3.63) is 46.5 Å². The molecule has 3 rings (SSSR count). The van der Waals surface area contributed by atoms with Gasteiger partial charge in [0.05, 0.1) is 61.9 Å². The molecule has 0 spiro atoms. The molecule has 0 saturated heterocycles. The van der Waals surface area contributed by atoms with E-state index < -0.39 is 109 Å². The second kappa shape index (κ2) is 73.6. The van der Waals surface area contributed by atoms with Crippen LogP contribution in [0.25, 0.3) is 0 Å². The summed E-state index contributed by atoms with van der Waals surface area (Å²) >= 11 is 0. The van der Waals surface area contributed by atoms with Gasteiger partial charge in [-0.1, -0.05) is 233 Å². The first-order valence-corrected chi connectivity index (χ1v) is 43.6. The molecule has 0 aromatic heterocycles. The van der Waals surface area contributed by atoms with Gasteiger partial charge in [0.1, 0.15) is 30.8 Å². The van der Waals surface area contributed by atoms with E-state index >= 15 is 0 Å². The van der Waals surface area contributed by atoms with E-state index in [4.69, 9.17) is 47.3 Å². The zero-order chi connectivity index (χ0) is 79.3. The van der Waals surface area contributed by atoms with Crippen LogP contribution in [0.5, 0.6) is 11.5 Å². The third kappa shape index (κ3) is 56.0. The molecule has 4 unspecified atom stereocenters. The molecule has 2 aromatic carbocycles. The molecule has 1 aliphatic carbocycles. The predicted octanol–water partition coefficient (Wildman–Crippen LogP) is 8.66. The topological polar surface area (TPSA) is 406 Å². The van der Waals surface area contributed by atoms with Gasteiger partial charge in [-0.2, -0.15) is 0 Å². The predicted molar refractivity (Wildman–Crippen MR) is 429 cm³/mol. The van der Waals surface area contributed by atoms with E-state index in [1.807, 2.05) is 0 Å². The smallest absolute Gasteiger partial charge is 0.756 e. The minimum atomic E-state index is -5.20. The van der Waals surface area contributed by atoms with Gasteiger partial charge in [0, 0.05) is 76.3 Å². The largest absolute Gasteiger partial charge is 1.00 e. The van der Waals surface area contributed by atoms with Gasteiger partial charge in [-0.25, -0.2) is 0 Å². The van der Waals surface area contributed by atoms with Crippen LogP contribution in [-0.4, -0.2) is 171 Å². The molecule has 112 heavy (non-hydrogen) atoms. The second-order valence-corrected chi connectivity index (χ2v) is 30.7. The third-order valence-electron chi connectivity index (χ3n) is 18.2. The summed E-state index contributed by atoms with van der Waals surface area (Å²) in [4.78, 5) is 103. The maximum absolute atomic E-state index is 13.4. The Morgan fingerprint density at radius 3 is 0.911 bits per heavy atom. The van der Waals surface area contributed by atoms with Crippen LogP contribution in [0.1, 0.15) is 316 Å². The first-order chi connectivity index (χ1) is 52.2. The Kier molecular flexibility index (Phi) is 74.6. The van der Waals surface area contributed by atoms with Gasteiger partial charge in [-0.3, -0.25) is 37.9 Å². The molecule has 1 aliphatic rings. The summed E-state index contributed by atoms with van der Waals surface area (Å²) in [5, 5.41) is 61.0. The Labute approximate surface area is 725 Å². The number of anilines is 2. The molecule has 0 amide bonds. The average molecular weight is 1690 g/mol. The SMILES string of the molecule is CCCCCCCCCCCC(=O)OCC(COP(=O)([O-])OCC(O)COP(=O)([O-])OCC(COC(=O)CCCCCCCCCCC)OC(=O)CCCCCCCCCCC)OC(=O)CCCCCCCCCCC.Cl.Cl.O=C1c2c(O)ccc(O)c2C(=O)c2c(NCCNCCO)ccc(NCCNCCO)c21.[Na+].[Na+]. The van der Waals surface area contributed by atoms with Crippen molar-refractivity contribution in [2.24, 2.45) is 0 Å². The second-order valence-electron chi connectivity index (χ2n) is 27.9. The van der Waals surface area contributed by atoms with Crippen LogP contribution in [0, 0.1) is 0 Å². The Morgan fingerprint density at radius 1 is 0.375 bits per heavy atom. The van der Waals surface area contributed by atoms with Gasteiger partial charge < -0.3 is 93.6 Å². The van der Waals surface area contributed by atoms with Crippen LogP contribution in [-0.2, 0) is 65.4 Å². The molecule has 638 valence electrons. The Hall–Kier alpha value is -2.54. The van der Waals surface area contributed by atoms with Crippen molar-refractivity contribution in [2.75, 3.05) is 103 Å². The van der Waals surface area contributed by atoms with E-state index in [-0.39, 0.29) is 157 Å². The Morgan fingerprint density at radius 2 is 0.634 bits per heavy atom. The number of carbonyl (C=O) groups is 6. The number of halogens is 2. The van der Waals surface area contributed by atoms with Crippen LogP contribution in [0.2, 0.25) is 0 Å². The summed E-state index contributed by atoms with van der Waals surface area (Å²) in [6.45, 7) is 7.17. The van der Waals surface area contributed by atoms with Gasteiger partial charge in [-0.05, 0) is 49.9 Å². The first kappa shape index (κ1) is 114. The van der Waals surface area contributed by atoms with Crippen molar-refractivity contribution in [3.8, 4) is 11.5 Å². The van der Waals surface area contributed by atoms with Gasteiger partial charge in [-0.15, -0.1) is 24.8 Å². The monoisotopic (exact) mass is 1690 g/mol. The molecular formula is C79H138Cl2N4Na2O23P2. The van der Waals surface area contributed by atoms with Crippen molar-refractivity contribution in [1.82, 2.24) is 10.6 Å². The van der Waals surface area contributed by atoms with Crippen molar-refractivity contribution >= 4 is 87.3 Å². The van der Waals surface area contributed by atoms with Gasteiger partial charge >= 0.3 is 83.0 Å². The minimum absolute atomic E-state index is 0. The number of benzene rings is 2. The fourth-order valence-electron chi connectivity index (χ4n) is 12.0. The number of phenols is 2. The minimum Gasteiger partial charge on any atom is -0.756 e. The summed E-state index contributed by atoms with van der Waals surface area (Å²) in [6.07, 6.45) is 34.2. The summed E-state index contributed by atoms with van der Waals surface area (Å²) in [7, 11) is -10.4. The number of hydrogen-bond donors (Lipinski definition) is 9. The van der Waals surface area contributed by atoms with E-state index in [0.29, 0.717) is 76.3 Å². The zero-order valence-corrected chi connectivity index (χ0v) is 75.9. The third-order valence-corrected chi connectivity index (χ3v) is 20.0. The van der Waals surface area contributed by atoms with E-state index in [2.05, 4.69) is 49.0 Å². The van der Waals surface area contributed by atoms with Crippen LogP contribution >= 0.6 is 40.5 Å². The number of rotatable bonds is 70. The van der Waals surface area contributed by atoms with E-state index in [1.54, 1.807) is 12.1 Å². The molecule has 9 N–H and O–H groups in total. The molecule has 27 nitrogen and oxygen atoms in total. The summed E-state index contributed by atoms with van der Waals surface area (Å²) in [6, 6.07) is 5.74. The number of hydrogen-bond acceptors (Lipinski definition) is 27. The number of ketones is 2. The van der Waals surface area contributed by atoms with Gasteiger partial charge in [0.15, 0.2) is 12.2 Å². The maximum Gasteiger partial charge on any atom is 1.00 e. The molecule has 2 aromatic rings. The van der Waals surface area contributed by atoms with Crippen LogP contribution in [0.4, 0.5) is 11.4 Å². The van der Waals surface area contributed by atoms with Crippen LogP contribution < -0.4 is 90.2 Å². The fraction of sp³-hybridized carbons (Fsp3) is 0.772. The number of nitrogens with one attached hydrogen (secondary N) is 4. The van der Waals surface area contributed by atoms with Crippen molar-refractivity contribution in [3.63, 3.8) is 0 Å². The standard InChI is InChI=1S/C57H110O17P2.C22H28N4O6.2ClH.2Na/c1-5-9-13-17-21-25-29-33-37-41-54(59)67-47-52(73-56(61)43-39-35-31-27-23-19-15-11-7-3)49-71-75(63,64)69-45-51(58)46-70-76(65,66)72-50-53(74-57(62)44-40-36-32-28-24-20-16-12-8-4)48-68-55(60)42-38-34-30-26-22-18-14-10-6-2;27-11-9-23-5-7-25-13-1-2-14(26-8-6-24-10-12-28)18-17(13)21(31)19-15(29)3-4-16(30)20(19)22(18)32;;;;/h51-53,58H,5-50H2,1-4H3,(H,63,64)(H,65,66);1-4,23-30H,5-12H2;2*1H;;/q;;;;2*+1/p-2. The number of unbranched alkanes of at least 4 members (excludes halogenated alkanes) is 32. The number of carbonyl (C=O) groups excluding carboxylic acids is 6. The molecular weight excluding hydrogens is 1550 g/mol. The van der Waals surface area contributed by atoms with Crippen molar-refractivity contribution in [1.29, 1.82) is 0 Å². The maximum atomic E-state index is 13.4. The summed E-state index contributed by atoms with van der Waals surface area (Å²) in [5.74, 6) is -4.10. The van der Waals surface area contributed by atoms with E-state index in [9.17, 15) is 63.0 Å². The average Bonchev–Trinajstić information content (AvgIpc) is 0.732. The first-order valence-electron chi connectivity index (χ1n) is 40.7. The quantitative estimate of drug-likeness (QED) is 0.00637. The Bertz CT molecular complexity index is 2700. The molecule has 0 aliphatic heterocycles. The zero-order valence-electron chi connectivity index (χ0n) is 68.5. The fourth-order valence-corrected chi connectivity index (χ4v) is 13.6. The molecule has 0 bridgehead atoms. The number of phosphoric acid groups is 2. The number of aromatic hydroxyl groups is 2. The summed E-state index contributed by atoms with van der Waals surface area (Å²) < 4.78 is 66.7. The number of phenolic OH excluding ortho intramolecular Hbond substituents is 2. The molecule has 33 heteroatoms. The molecule has 0 saturated carbocycles. The van der Waals surface area contributed by atoms with Crippen molar-refractivity contribution < 1.29 is 169 Å². The number of ether oxygens (including phenoxy) is 4. The normalized spacial score (nSPS) is 13.3. The summed E-state index contributed by atoms with van der Waals surface area (Å²) in [5.41, 5.74) is 0.678. The number of fused-ring (bicyclic) bond motifs is 2. The van der Waals surface area contributed by atoms with Gasteiger partial charge in [0.2, 0.25) is 11.6 Å². The van der Waals surface area contributed by atoms with Gasteiger partial charge in [0.25, 0.3) is 15.6 Å². The Balaban J connectivity index is -0.00000273. The number of aliphatic hydroxyl groups excluding tert-OH is 3. The molecule has 0 fully saturated rings.